The first-order valence-corrected chi connectivity index (χ1v) is 10.1. The number of amides is 3. The van der Waals surface area contributed by atoms with E-state index in [1.807, 2.05) is 0 Å². The van der Waals surface area contributed by atoms with Gasteiger partial charge in [-0.1, -0.05) is 0 Å². The summed E-state index contributed by atoms with van der Waals surface area (Å²) in [5.41, 5.74) is -1.09. The Morgan fingerprint density at radius 3 is 2.52 bits per heavy atom. The highest BCUT2D eigenvalue weighted by Gasteiger charge is 2.36. The summed E-state index contributed by atoms with van der Waals surface area (Å²) >= 11 is 0. The summed E-state index contributed by atoms with van der Waals surface area (Å²) in [6.45, 7) is 5.44. The molecule has 1 aliphatic rings. The molecule has 12 heteroatoms. The number of nitrogens with zero attached hydrogens (tertiary/aromatic N) is 5. The zero-order valence-electron chi connectivity index (χ0n) is 18.1. The van der Waals surface area contributed by atoms with Gasteiger partial charge in [-0.3, -0.25) is 15.4 Å². The van der Waals surface area contributed by atoms with Crippen LogP contribution in [0.3, 0.4) is 0 Å². The Morgan fingerprint density at radius 1 is 1.15 bits per heavy atom. The number of nitriles is 1. The van der Waals surface area contributed by atoms with E-state index in [-0.39, 0.29) is 36.3 Å². The van der Waals surface area contributed by atoms with Crippen LogP contribution >= 0.6 is 0 Å². The van der Waals surface area contributed by atoms with Crippen LogP contribution in [0.1, 0.15) is 31.9 Å². The van der Waals surface area contributed by atoms with Crippen LogP contribution in [-0.4, -0.2) is 52.0 Å². The van der Waals surface area contributed by atoms with Gasteiger partial charge in [0.2, 0.25) is 11.9 Å². The molecule has 0 bridgehead atoms. The van der Waals surface area contributed by atoms with Crippen LogP contribution in [0.4, 0.5) is 35.4 Å². The second kappa shape index (κ2) is 9.32. The third kappa shape index (κ3) is 5.49. The fourth-order valence-electron chi connectivity index (χ4n) is 3.64. The molecule has 33 heavy (non-hydrogen) atoms. The van der Waals surface area contributed by atoms with Crippen molar-refractivity contribution in [3.63, 3.8) is 0 Å². The number of carbonyl (C=O) groups is 2. The quantitative estimate of drug-likeness (QED) is 0.724. The monoisotopic (exact) mass is 461 g/mol. The molecule has 2 atom stereocenters. The second-order valence-electron chi connectivity index (χ2n) is 7.72. The number of rotatable bonds is 3. The minimum Gasteiger partial charge on any atom is -0.365 e. The maximum Gasteiger partial charge on any atom is 0.417 e. The molecule has 2 heterocycles. The third-order valence-corrected chi connectivity index (χ3v) is 5.19. The Morgan fingerprint density at radius 2 is 1.88 bits per heavy atom. The maximum atomic E-state index is 13.4. The Balaban J connectivity index is 1.75. The summed E-state index contributed by atoms with van der Waals surface area (Å²) in [7, 11) is 0. The minimum atomic E-state index is -4.65. The highest BCUT2D eigenvalue weighted by molar-refractivity contribution is 5.90. The molecule has 1 aromatic heterocycles. The molecule has 2 N–H and O–H groups in total. The van der Waals surface area contributed by atoms with Gasteiger partial charge in [0.15, 0.2) is 0 Å². The first kappa shape index (κ1) is 23.8. The number of hydrogen-bond donors (Lipinski definition) is 2. The van der Waals surface area contributed by atoms with Crippen molar-refractivity contribution in [3.8, 4) is 6.07 Å². The van der Waals surface area contributed by atoms with Gasteiger partial charge in [-0.05, 0) is 38.1 Å². The number of urea groups is 1. The Kier molecular flexibility index (Phi) is 6.71. The molecule has 0 radical (unpaired) electrons. The normalized spacial score (nSPS) is 18.5. The third-order valence-electron chi connectivity index (χ3n) is 5.19. The molecule has 2 unspecified atom stereocenters. The molecular weight excluding hydrogens is 439 g/mol. The molecule has 1 fully saturated rings. The van der Waals surface area contributed by atoms with Crippen molar-refractivity contribution < 1.29 is 22.8 Å². The zero-order valence-corrected chi connectivity index (χ0v) is 18.1. The average Bonchev–Trinajstić information content (AvgIpc) is 2.73. The molecule has 0 saturated carbocycles. The van der Waals surface area contributed by atoms with Crippen LogP contribution in [0, 0.1) is 11.3 Å². The van der Waals surface area contributed by atoms with Crippen molar-refractivity contribution >= 4 is 29.4 Å². The highest BCUT2D eigenvalue weighted by atomic mass is 19.4. The lowest BCUT2D eigenvalue weighted by atomic mass is 10.0. The van der Waals surface area contributed by atoms with Crippen LogP contribution in [0.5, 0.6) is 0 Å². The van der Waals surface area contributed by atoms with Crippen molar-refractivity contribution in [1.82, 2.24) is 14.9 Å². The number of piperazine rings is 1. The molecule has 3 rings (SSSR count). The molecule has 0 aliphatic carbocycles. The van der Waals surface area contributed by atoms with Gasteiger partial charge < -0.3 is 9.80 Å². The molecular formula is C21H22F3N7O2. The van der Waals surface area contributed by atoms with E-state index in [1.54, 1.807) is 29.7 Å². The first-order valence-electron chi connectivity index (χ1n) is 10.1. The van der Waals surface area contributed by atoms with E-state index >= 15 is 0 Å². The Bertz CT molecular complexity index is 1100. The SMILES string of the molecule is CC(=O)Nc1nccc(NC(=O)N2CC(C)N(c3ccc(C#N)c(C(F)(F)F)c3)CC2C)n1. The fraction of sp³-hybridized carbons (Fsp3) is 0.381. The van der Waals surface area contributed by atoms with Crippen LogP contribution in [0.25, 0.3) is 0 Å². The molecule has 1 aromatic carbocycles. The van der Waals surface area contributed by atoms with Gasteiger partial charge in [-0.15, -0.1) is 0 Å². The van der Waals surface area contributed by atoms with Crippen molar-refractivity contribution in [2.24, 2.45) is 0 Å². The lowest BCUT2D eigenvalue weighted by Crippen LogP contribution is -2.59. The molecule has 174 valence electrons. The molecule has 2 aromatic rings. The fourth-order valence-corrected chi connectivity index (χ4v) is 3.64. The van der Waals surface area contributed by atoms with Gasteiger partial charge in [0.25, 0.3) is 0 Å². The number of nitrogens with one attached hydrogen (secondary N) is 2. The predicted octanol–water partition coefficient (Wildman–Crippen LogP) is 3.46. The minimum absolute atomic E-state index is 0.0489. The smallest absolute Gasteiger partial charge is 0.365 e. The number of hydrogen-bond acceptors (Lipinski definition) is 6. The van der Waals surface area contributed by atoms with Crippen LogP contribution in [-0.2, 0) is 11.0 Å². The van der Waals surface area contributed by atoms with E-state index in [9.17, 15) is 22.8 Å². The predicted molar refractivity (Wildman–Crippen MR) is 114 cm³/mol. The lowest BCUT2D eigenvalue weighted by molar-refractivity contribution is -0.137. The molecule has 9 nitrogen and oxygen atoms in total. The highest BCUT2D eigenvalue weighted by Crippen LogP contribution is 2.35. The van der Waals surface area contributed by atoms with Gasteiger partial charge in [0.05, 0.1) is 17.2 Å². The average molecular weight is 461 g/mol. The van der Waals surface area contributed by atoms with Gasteiger partial charge in [0, 0.05) is 44.0 Å². The number of halogens is 3. The second-order valence-corrected chi connectivity index (χ2v) is 7.72. The summed E-state index contributed by atoms with van der Waals surface area (Å²) < 4.78 is 40.1. The number of alkyl halides is 3. The van der Waals surface area contributed by atoms with E-state index in [1.165, 1.54) is 25.3 Å². The number of carbonyl (C=O) groups excluding carboxylic acids is 2. The lowest BCUT2D eigenvalue weighted by Gasteiger charge is -2.45. The van der Waals surface area contributed by atoms with Gasteiger partial charge >= 0.3 is 12.2 Å². The van der Waals surface area contributed by atoms with Crippen LogP contribution in [0.15, 0.2) is 30.5 Å². The van der Waals surface area contributed by atoms with E-state index in [0.717, 1.165) is 12.1 Å². The summed E-state index contributed by atoms with van der Waals surface area (Å²) in [4.78, 5) is 35.3. The van der Waals surface area contributed by atoms with Crippen molar-refractivity contribution in [2.75, 3.05) is 28.6 Å². The van der Waals surface area contributed by atoms with Crippen LogP contribution < -0.4 is 15.5 Å². The van der Waals surface area contributed by atoms with E-state index in [2.05, 4.69) is 20.6 Å². The molecule has 1 aliphatic heterocycles. The molecule has 3 amide bonds. The van der Waals surface area contributed by atoms with Crippen LogP contribution in [0.2, 0.25) is 0 Å². The summed E-state index contributed by atoms with van der Waals surface area (Å²) in [5.74, 6) is -0.107. The van der Waals surface area contributed by atoms with Gasteiger partial charge in [-0.2, -0.15) is 23.4 Å². The Hall–Kier alpha value is -3.88. The van der Waals surface area contributed by atoms with Gasteiger partial charge in [-0.25, -0.2) is 9.78 Å². The number of aromatic nitrogens is 2. The summed E-state index contributed by atoms with van der Waals surface area (Å²) in [6.07, 6.45) is -3.26. The van der Waals surface area contributed by atoms with E-state index < -0.39 is 23.3 Å². The summed E-state index contributed by atoms with van der Waals surface area (Å²) in [6, 6.07) is 5.62. The maximum absolute atomic E-state index is 13.4. The topological polar surface area (TPSA) is 114 Å². The Labute approximate surface area is 188 Å². The van der Waals surface area contributed by atoms with E-state index in [4.69, 9.17) is 5.26 Å². The standard InChI is InChI=1S/C21H22F3N7O2/c1-12-11-31(20(33)29-18-6-7-26-19(28-18)27-14(3)32)13(2)10-30(12)16-5-4-15(9-25)17(8-16)21(22,23)24/h4-8,12-13H,10-11H2,1-3H3,(H2,26,27,28,29,32,33). The largest absolute Gasteiger partial charge is 0.417 e. The van der Waals surface area contributed by atoms with Crippen molar-refractivity contribution in [2.45, 2.75) is 39.0 Å². The molecule has 0 spiro atoms. The summed E-state index contributed by atoms with van der Waals surface area (Å²) in [5, 5.41) is 14.1. The number of anilines is 3. The first-order chi connectivity index (χ1) is 15.5. The zero-order chi connectivity index (χ0) is 24.3. The van der Waals surface area contributed by atoms with Gasteiger partial charge in [0.1, 0.15) is 5.82 Å². The van der Waals surface area contributed by atoms with E-state index in [0.29, 0.717) is 12.2 Å². The molecule has 1 saturated heterocycles. The van der Waals surface area contributed by atoms with Crippen molar-refractivity contribution in [3.05, 3.63) is 41.6 Å². The number of benzene rings is 1. The van der Waals surface area contributed by atoms with Crippen molar-refractivity contribution in [1.29, 1.82) is 5.26 Å².